The van der Waals surface area contributed by atoms with Gasteiger partial charge in [-0.3, -0.25) is 4.79 Å². The molecule has 2 rings (SSSR count). The molecule has 0 saturated carbocycles. The zero-order valence-electron chi connectivity index (χ0n) is 7.55. The van der Waals surface area contributed by atoms with E-state index in [1.807, 2.05) is 24.3 Å². The van der Waals surface area contributed by atoms with E-state index in [0.717, 1.165) is 16.2 Å². The molecule has 1 aromatic carbocycles. The van der Waals surface area contributed by atoms with Crippen LogP contribution in [0.5, 0.6) is 0 Å². The van der Waals surface area contributed by atoms with Crippen LogP contribution >= 0.6 is 0 Å². The summed E-state index contributed by atoms with van der Waals surface area (Å²) in [4.78, 5) is 10.8. The lowest BCUT2D eigenvalue weighted by Gasteiger charge is -2.29. The van der Waals surface area contributed by atoms with E-state index >= 15 is 0 Å². The molecule has 4 nitrogen and oxygen atoms in total. The summed E-state index contributed by atoms with van der Waals surface area (Å²) in [6.07, 6.45) is 0.363. The van der Waals surface area contributed by atoms with E-state index < -0.39 is 12.0 Å². The third-order valence-electron chi connectivity index (χ3n) is 2.51. The molecule has 0 saturated heterocycles. The van der Waals surface area contributed by atoms with Crippen LogP contribution in [0.1, 0.15) is 11.1 Å². The van der Waals surface area contributed by atoms with Crippen LogP contribution in [0.15, 0.2) is 24.3 Å². The van der Waals surface area contributed by atoms with Crippen molar-refractivity contribution in [3.05, 3.63) is 35.4 Å². The summed E-state index contributed by atoms with van der Waals surface area (Å²) < 4.78 is 0. The van der Waals surface area contributed by atoms with Crippen molar-refractivity contribution < 1.29 is 15.1 Å². The molecule has 0 radical (unpaired) electrons. The molecule has 0 unspecified atom stereocenters. The second kappa shape index (κ2) is 3.40. The van der Waals surface area contributed by atoms with Gasteiger partial charge < -0.3 is 10.3 Å². The lowest BCUT2D eigenvalue weighted by molar-refractivity contribution is -0.175. The van der Waals surface area contributed by atoms with Gasteiger partial charge in [0.25, 0.3) is 0 Å². The predicted molar refractivity (Wildman–Crippen MR) is 48.9 cm³/mol. The Hall–Kier alpha value is -1.39. The fourth-order valence-corrected chi connectivity index (χ4v) is 1.72. The second-order valence-electron chi connectivity index (χ2n) is 3.42. The fraction of sp³-hybridized carbons (Fsp3) is 0.300. The number of hydrogen-bond donors (Lipinski definition) is 2. The van der Waals surface area contributed by atoms with Gasteiger partial charge in [-0.15, -0.1) is 0 Å². The normalized spacial score (nSPS) is 21.6. The van der Waals surface area contributed by atoms with Crippen LogP contribution in [0, 0.1) is 0 Å². The summed E-state index contributed by atoms with van der Waals surface area (Å²) in [5.74, 6) is -0.984. The first kappa shape index (κ1) is 9.18. The van der Waals surface area contributed by atoms with Gasteiger partial charge in [0, 0.05) is 6.42 Å². The lowest BCUT2D eigenvalue weighted by atomic mass is 9.96. The molecule has 74 valence electrons. The Labute approximate surface area is 81.3 Å². The van der Waals surface area contributed by atoms with Gasteiger partial charge >= 0.3 is 5.97 Å². The third kappa shape index (κ3) is 1.49. The molecular weight excluding hydrogens is 182 g/mol. The first-order valence-electron chi connectivity index (χ1n) is 4.43. The van der Waals surface area contributed by atoms with Gasteiger partial charge in [0.15, 0.2) is 0 Å². The zero-order valence-corrected chi connectivity index (χ0v) is 7.55. The minimum Gasteiger partial charge on any atom is -0.480 e. The molecule has 0 spiro atoms. The average Bonchev–Trinajstić information content (AvgIpc) is 2.16. The number of nitrogens with zero attached hydrogens (tertiary/aromatic N) is 1. The van der Waals surface area contributed by atoms with Gasteiger partial charge in [0.05, 0.1) is 6.54 Å². The number of carboxylic acid groups (broad SMARTS) is 1. The first-order chi connectivity index (χ1) is 6.68. The molecule has 1 aliphatic heterocycles. The van der Waals surface area contributed by atoms with Crippen LogP contribution in [0.4, 0.5) is 0 Å². The minimum atomic E-state index is -0.984. The number of rotatable bonds is 1. The summed E-state index contributed by atoms with van der Waals surface area (Å²) in [6.45, 7) is 0.285. The Morgan fingerprint density at radius 3 is 2.64 bits per heavy atom. The molecule has 0 bridgehead atoms. The molecule has 0 fully saturated rings. The van der Waals surface area contributed by atoms with E-state index in [2.05, 4.69) is 0 Å². The summed E-state index contributed by atoms with van der Waals surface area (Å²) in [5.41, 5.74) is 2.00. The first-order valence-corrected chi connectivity index (χ1v) is 4.43. The number of hydroxylamine groups is 2. The van der Waals surface area contributed by atoms with E-state index in [9.17, 15) is 10.0 Å². The van der Waals surface area contributed by atoms with Crippen molar-refractivity contribution in [2.75, 3.05) is 0 Å². The van der Waals surface area contributed by atoms with Crippen LogP contribution in [0.2, 0.25) is 0 Å². The lowest BCUT2D eigenvalue weighted by Crippen LogP contribution is -2.43. The summed E-state index contributed by atoms with van der Waals surface area (Å²) >= 11 is 0. The maximum absolute atomic E-state index is 10.8. The van der Waals surface area contributed by atoms with Gasteiger partial charge in [0.2, 0.25) is 0 Å². The number of hydrogen-bond acceptors (Lipinski definition) is 3. The molecule has 1 aromatic rings. The fourth-order valence-electron chi connectivity index (χ4n) is 1.72. The molecule has 4 heteroatoms. The topological polar surface area (TPSA) is 60.8 Å². The highest BCUT2D eigenvalue weighted by atomic mass is 16.5. The van der Waals surface area contributed by atoms with E-state index in [1.165, 1.54) is 0 Å². The molecule has 14 heavy (non-hydrogen) atoms. The predicted octanol–water partition coefficient (Wildman–Crippen LogP) is 0.887. The number of carbonyl (C=O) groups is 1. The molecule has 0 aliphatic carbocycles. The monoisotopic (exact) mass is 193 g/mol. The Kier molecular flexibility index (Phi) is 2.23. The number of benzene rings is 1. The van der Waals surface area contributed by atoms with E-state index in [0.29, 0.717) is 6.42 Å². The number of fused-ring (bicyclic) bond motifs is 1. The molecular formula is C10H11NO3. The van der Waals surface area contributed by atoms with Gasteiger partial charge in [-0.05, 0) is 11.1 Å². The molecule has 1 heterocycles. The zero-order chi connectivity index (χ0) is 10.1. The highest BCUT2D eigenvalue weighted by Crippen LogP contribution is 2.21. The van der Waals surface area contributed by atoms with Crippen molar-refractivity contribution in [1.82, 2.24) is 5.06 Å². The van der Waals surface area contributed by atoms with Crippen molar-refractivity contribution >= 4 is 5.97 Å². The smallest absolute Gasteiger partial charge is 0.323 e. The minimum absolute atomic E-state index is 0.285. The van der Waals surface area contributed by atoms with Crippen LogP contribution in [0.3, 0.4) is 0 Å². The summed E-state index contributed by atoms with van der Waals surface area (Å²) in [6, 6.07) is 6.75. The Morgan fingerprint density at radius 1 is 1.36 bits per heavy atom. The second-order valence-corrected chi connectivity index (χ2v) is 3.42. The number of aliphatic carboxylic acids is 1. The van der Waals surface area contributed by atoms with Gasteiger partial charge in [0.1, 0.15) is 6.04 Å². The van der Waals surface area contributed by atoms with Crippen LogP contribution in [-0.2, 0) is 17.8 Å². The van der Waals surface area contributed by atoms with E-state index in [-0.39, 0.29) is 6.54 Å². The maximum Gasteiger partial charge on any atom is 0.323 e. The molecule has 2 N–H and O–H groups in total. The Morgan fingerprint density at radius 2 is 2.00 bits per heavy atom. The summed E-state index contributed by atoms with van der Waals surface area (Å²) in [7, 11) is 0. The third-order valence-corrected chi connectivity index (χ3v) is 2.51. The Balaban J connectivity index is 2.31. The van der Waals surface area contributed by atoms with Gasteiger partial charge in [-0.2, -0.15) is 5.06 Å². The average molecular weight is 193 g/mol. The molecule has 0 aromatic heterocycles. The SMILES string of the molecule is O=C(O)[C@@H]1Cc2ccccc2CN1O. The molecule has 1 aliphatic rings. The molecule has 1 atom stereocenters. The maximum atomic E-state index is 10.8. The van der Waals surface area contributed by atoms with Crippen molar-refractivity contribution in [3.8, 4) is 0 Å². The van der Waals surface area contributed by atoms with Crippen molar-refractivity contribution in [1.29, 1.82) is 0 Å². The highest BCUT2D eigenvalue weighted by Gasteiger charge is 2.29. The van der Waals surface area contributed by atoms with Crippen LogP contribution < -0.4 is 0 Å². The van der Waals surface area contributed by atoms with E-state index in [1.54, 1.807) is 0 Å². The number of carboxylic acids is 1. The van der Waals surface area contributed by atoms with Crippen LogP contribution in [0.25, 0.3) is 0 Å². The van der Waals surface area contributed by atoms with Gasteiger partial charge in [-0.25, -0.2) is 0 Å². The Bertz CT molecular complexity index is 364. The highest BCUT2D eigenvalue weighted by molar-refractivity contribution is 5.74. The summed E-state index contributed by atoms with van der Waals surface area (Å²) in [5, 5.41) is 19.2. The van der Waals surface area contributed by atoms with Crippen molar-refractivity contribution in [2.45, 2.75) is 19.0 Å². The van der Waals surface area contributed by atoms with Crippen molar-refractivity contribution in [3.63, 3.8) is 0 Å². The van der Waals surface area contributed by atoms with Crippen molar-refractivity contribution in [2.24, 2.45) is 0 Å². The van der Waals surface area contributed by atoms with E-state index in [4.69, 9.17) is 5.11 Å². The quantitative estimate of drug-likeness (QED) is 0.695. The standard InChI is InChI=1S/C10H11NO3/c12-10(13)9-5-7-3-1-2-4-8(7)6-11(9)14/h1-4,9,14H,5-6H2,(H,12,13)/t9-/m0/s1. The van der Waals surface area contributed by atoms with Crippen LogP contribution in [-0.4, -0.2) is 27.4 Å². The van der Waals surface area contributed by atoms with Gasteiger partial charge in [-0.1, -0.05) is 24.3 Å². The largest absolute Gasteiger partial charge is 0.480 e. The molecule has 0 amide bonds.